The molecule has 0 saturated carbocycles. The number of hydroxylamine groups is 1. The third-order valence-corrected chi connectivity index (χ3v) is 3.42. The zero-order valence-corrected chi connectivity index (χ0v) is 13.0. The summed E-state index contributed by atoms with van der Waals surface area (Å²) in [5, 5.41) is 2.52. The van der Waals surface area contributed by atoms with Gasteiger partial charge in [-0.2, -0.15) is 0 Å². The molecule has 1 unspecified atom stereocenters. The topological polar surface area (TPSA) is 103 Å². The molecule has 2 amide bonds. The summed E-state index contributed by atoms with van der Waals surface area (Å²) in [6, 6.07) is 5.46. The first-order chi connectivity index (χ1) is 11.1. The van der Waals surface area contributed by atoms with Gasteiger partial charge in [0.15, 0.2) is 6.23 Å². The van der Waals surface area contributed by atoms with Crippen LogP contribution in [0.1, 0.15) is 36.6 Å². The number of allylic oxidation sites excluding steroid dienone is 1. The van der Waals surface area contributed by atoms with Crippen molar-refractivity contribution in [3.63, 3.8) is 0 Å². The van der Waals surface area contributed by atoms with Crippen molar-refractivity contribution in [1.29, 1.82) is 0 Å². The number of carbonyl (C=O) groups is 2. The average molecular weight is 319 g/mol. The first kappa shape index (κ1) is 17.0. The number of benzene rings is 1. The van der Waals surface area contributed by atoms with Crippen LogP contribution >= 0.6 is 0 Å². The Morgan fingerprint density at radius 1 is 1.30 bits per heavy atom. The van der Waals surface area contributed by atoms with Gasteiger partial charge in [-0.05, 0) is 30.5 Å². The Morgan fingerprint density at radius 3 is 2.91 bits per heavy atom. The molecule has 23 heavy (non-hydrogen) atoms. The van der Waals surface area contributed by atoms with Crippen LogP contribution in [0.25, 0.3) is 6.08 Å². The maximum Gasteiger partial charge on any atom is 0.262 e. The highest BCUT2D eigenvalue weighted by atomic mass is 16.7. The van der Waals surface area contributed by atoms with E-state index < -0.39 is 12.1 Å². The van der Waals surface area contributed by atoms with E-state index in [4.69, 9.17) is 15.3 Å². The van der Waals surface area contributed by atoms with Crippen LogP contribution < -0.4 is 21.3 Å². The van der Waals surface area contributed by atoms with E-state index in [0.29, 0.717) is 24.2 Å². The Labute approximate surface area is 134 Å². The van der Waals surface area contributed by atoms with Crippen LogP contribution in [0.3, 0.4) is 0 Å². The molecule has 1 aliphatic heterocycles. The molecular formula is C16H21N3O4. The molecule has 1 aromatic rings. The van der Waals surface area contributed by atoms with Gasteiger partial charge in [0.2, 0.25) is 5.91 Å². The second-order valence-corrected chi connectivity index (χ2v) is 5.13. The minimum atomic E-state index is -0.854. The number of methoxy groups -OCH3 is 1. The lowest BCUT2D eigenvalue weighted by Crippen LogP contribution is -2.38. The number of rotatable bonds is 1. The SMILES string of the molecule is COc1ccc2c(c1)C(N)ONC(=O)CNC(=O)CCC/C=C/2. The van der Waals surface area contributed by atoms with E-state index >= 15 is 0 Å². The smallest absolute Gasteiger partial charge is 0.262 e. The van der Waals surface area contributed by atoms with Crippen molar-refractivity contribution in [3.8, 4) is 5.75 Å². The lowest BCUT2D eigenvalue weighted by molar-refractivity contribution is -0.139. The number of carbonyl (C=O) groups excluding carboxylic acids is 2. The van der Waals surface area contributed by atoms with Crippen molar-refractivity contribution >= 4 is 17.9 Å². The van der Waals surface area contributed by atoms with Crippen LogP contribution in [0.4, 0.5) is 0 Å². The highest BCUT2D eigenvalue weighted by Crippen LogP contribution is 2.24. The summed E-state index contributed by atoms with van der Waals surface area (Å²) in [6.45, 7) is -0.146. The molecule has 0 bridgehead atoms. The van der Waals surface area contributed by atoms with Gasteiger partial charge in [-0.25, -0.2) is 10.3 Å². The number of nitrogens with one attached hydrogen (secondary N) is 2. The average Bonchev–Trinajstić information content (AvgIpc) is 2.56. The Balaban J connectivity index is 2.23. The molecule has 124 valence electrons. The predicted molar refractivity (Wildman–Crippen MR) is 85.0 cm³/mol. The number of hydrogen-bond donors (Lipinski definition) is 3. The highest BCUT2D eigenvalue weighted by Gasteiger charge is 2.14. The summed E-state index contributed by atoms with van der Waals surface area (Å²) in [4.78, 5) is 28.4. The van der Waals surface area contributed by atoms with Gasteiger partial charge in [-0.15, -0.1) is 0 Å². The maximum atomic E-state index is 11.6. The molecule has 0 radical (unpaired) electrons. The zero-order valence-electron chi connectivity index (χ0n) is 13.0. The van der Waals surface area contributed by atoms with Gasteiger partial charge in [0.05, 0.1) is 13.7 Å². The number of hydrogen-bond acceptors (Lipinski definition) is 5. The first-order valence-electron chi connectivity index (χ1n) is 7.41. The Kier molecular flexibility index (Phi) is 6.13. The van der Waals surface area contributed by atoms with Crippen LogP contribution in [0.2, 0.25) is 0 Å². The fraction of sp³-hybridized carbons (Fsp3) is 0.375. The minimum absolute atomic E-state index is 0.146. The fourth-order valence-electron chi connectivity index (χ4n) is 2.16. The van der Waals surface area contributed by atoms with E-state index in [1.807, 2.05) is 24.3 Å². The van der Waals surface area contributed by atoms with Gasteiger partial charge >= 0.3 is 0 Å². The molecule has 4 N–H and O–H groups in total. The van der Waals surface area contributed by atoms with Crippen molar-refractivity contribution in [2.75, 3.05) is 13.7 Å². The molecule has 1 aliphatic rings. The predicted octanol–water partition coefficient (Wildman–Crippen LogP) is 1.01. The normalized spacial score (nSPS) is 21.4. The summed E-state index contributed by atoms with van der Waals surface area (Å²) < 4.78 is 5.20. The largest absolute Gasteiger partial charge is 0.497 e. The van der Waals surface area contributed by atoms with E-state index in [-0.39, 0.29) is 12.5 Å². The standard InChI is InChI=1S/C16H21N3O4/c1-22-12-8-7-11-5-3-2-4-6-14(20)18-10-15(21)19-23-16(17)13(11)9-12/h3,5,7-9,16H,2,4,6,10,17H2,1H3,(H,18,20)(H,19,21)/b5-3+. The summed E-state index contributed by atoms with van der Waals surface area (Å²) >= 11 is 0. The van der Waals surface area contributed by atoms with Crippen molar-refractivity contribution in [2.24, 2.45) is 5.73 Å². The third-order valence-electron chi connectivity index (χ3n) is 3.42. The number of amides is 2. The van der Waals surface area contributed by atoms with Gasteiger partial charge in [0, 0.05) is 12.0 Å². The third kappa shape index (κ3) is 5.08. The van der Waals surface area contributed by atoms with Crippen LogP contribution in [0, 0.1) is 0 Å². The minimum Gasteiger partial charge on any atom is -0.497 e. The molecule has 7 heteroatoms. The van der Waals surface area contributed by atoms with Crippen molar-refractivity contribution in [2.45, 2.75) is 25.5 Å². The van der Waals surface area contributed by atoms with Gasteiger partial charge in [0.25, 0.3) is 5.91 Å². The van der Waals surface area contributed by atoms with Crippen molar-refractivity contribution in [3.05, 3.63) is 35.4 Å². The van der Waals surface area contributed by atoms with Crippen LogP contribution in [-0.4, -0.2) is 25.5 Å². The molecule has 0 spiro atoms. The summed E-state index contributed by atoms with van der Waals surface area (Å²) in [6.07, 6.45) is 4.87. The van der Waals surface area contributed by atoms with E-state index in [1.54, 1.807) is 13.2 Å². The van der Waals surface area contributed by atoms with Gasteiger partial charge < -0.3 is 15.8 Å². The van der Waals surface area contributed by atoms with Gasteiger partial charge in [-0.3, -0.25) is 9.59 Å². The summed E-state index contributed by atoms with van der Waals surface area (Å²) in [7, 11) is 1.57. The molecule has 0 aromatic heterocycles. The molecule has 1 atom stereocenters. The summed E-state index contributed by atoms with van der Waals surface area (Å²) in [5.74, 6) is 0.0156. The van der Waals surface area contributed by atoms with Crippen molar-refractivity contribution in [1.82, 2.24) is 10.8 Å². The monoisotopic (exact) mass is 319 g/mol. The summed E-state index contributed by atoms with van der Waals surface area (Å²) in [5.41, 5.74) is 9.80. The van der Waals surface area contributed by atoms with Gasteiger partial charge in [-0.1, -0.05) is 18.2 Å². The fourth-order valence-corrected chi connectivity index (χ4v) is 2.16. The van der Waals surface area contributed by atoms with Gasteiger partial charge in [0.1, 0.15) is 5.75 Å². The molecule has 7 nitrogen and oxygen atoms in total. The molecule has 1 heterocycles. The van der Waals surface area contributed by atoms with Crippen LogP contribution in [0.15, 0.2) is 24.3 Å². The van der Waals surface area contributed by atoms with E-state index in [9.17, 15) is 9.59 Å². The molecule has 0 fully saturated rings. The zero-order chi connectivity index (χ0) is 16.7. The lowest BCUT2D eigenvalue weighted by Gasteiger charge is -2.17. The lowest BCUT2D eigenvalue weighted by atomic mass is 10.0. The number of ether oxygens (including phenoxy) is 1. The highest BCUT2D eigenvalue weighted by molar-refractivity contribution is 5.84. The number of nitrogens with two attached hydrogens (primary N) is 1. The maximum absolute atomic E-state index is 11.6. The Morgan fingerprint density at radius 2 is 2.13 bits per heavy atom. The van der Waals surface area contributed by atoms with E-state index in [2.05, 4.69) is 10.8 Å². The van der Waals surface area contributed by atoms with Crippen LogP contribution in [-0.2, 0) is 14.4 Å². The molecule has 0 aliphatic carbocycles. The molecule has 1 aromatic carbocycles. The second kappa shape index (κ2) is 8.30. The second-order valence-electron chi connectivity index (χ2n) is 5.13. The quantitative estimate of drug-likeness (QED) is 0.717. The Bertz CT molecular complexity index is 601. The van der Waals surface area contributed by atoms with E-state index in [1.165, 1.54) is 0 Å². The van der Waals surface area contributed by atoms with Crippen molar-refractivity contribution < 1.29 is 19.2 Å². The number of fused-ring (bicyclic) bond motifs is 1. The van der Waals surface area contributed by atoms with E-state index in [0.717, 1.165) is 12.0 Å². The van der Waals surface area contributed by atoms with Crippen LogP contribution in [0.5, 0.6) is 5.75 Å². The molecular weight excluding hydrogens is 298 g/mol. The first-order valence-corrected chi connectivity index (χ1v) is 7.41. The molecule has 0 saturated heterocycles. The molecule has 2 rings (SSSR count). The Hall–Kier alpha value is -2.38.